The lowest BCUT2D eigenvalue weighted by Crippen LogP contribution is -2.42. The van der Waals surface area contributed by atoms with E-state index >= 15 is 0 Å². The monoisotopic (exact) mass is 388 g/mol. The summed E-state index contributed by atoms with van der Waals surface area (Å²) in [6.07, 6.45) is 3.23. The number of carbonyl (C=O) groups excluding carboxylic acids is 2. The molecule has 3 rings (SSSR count). The van der Waals surface area contributed by atoms with Gasteiger partial charge in [0.05, 0.1) is 18.6 Å². The van der Waals surface area contributed by atoms with Crippen molar-refractivity contribution in [1.82, 2.24) is 20.1 Å². The lowest BCUT2D eigenvalue weighted by molar-refractivity contribution is -0.123. The Hall–Kier alpha value is -2.12. The maximum Gasteiger partial charge on any atom is 0.267 e. The van der Waals surface area contributed by atoms with E-state index in [0.29, 0.717) is 12.2 Å². The maximum absolute atomic E-state index is 12.6. The van der Waals surface area contributed by atoms with Crippen molar-refractivity contribution < 1.29 is 9.59 Å². The molecule has 3 heterocycles. The standard InChI is InChI=1S/C20H28N4O2S/c1-14(18-8-6-12-27-18)22-19(25)13-24-11-5-4-7-16(24)15-9-10-17(23(15)3)20(26)21-2/h6,8-10,12,14,16H,4-5,7,11,13H2,1-3H3,(H,21,26)(H,22,25)/t14-,16+/m1/s1. The third-order valence-electron chi connectivity index (χ3n) is 5.27. The van der Waals surface area contributed by atoms with Crippen molar-refractivity contribution in [2.24, 2.45) is 7.05 Å². The van der Waals surface area contributed by atoms with Crippen LogP contribution in [0.4, 0.5) is 0 Å². The first-order chi connectivity index (χ1) is 13.0. The van der Waals surface area contributed by atoms with Crippen LogP contribution in [0.2, 0.25) is 0 Å². The number of likely N-dealkylation sites (tertiary alicyclic amines) is 1. The number of hydrogen-bond acceptors (Lipinski definition) is 4. The number of rotatable bonds is 6. The fourth-order valence-corrected chi connectivity index (χ4v) is 4.55. The lowest BCUT2D eigenvalue weighted by Gasteiger charge is -2.35. The Morgan fingerprint density at radius 3 is 2.81 bits per heavy atom. The molecule has 1 saturated heterocycles. The van der Waals surface area contributed by atoms with E-state index < -0.39 is 0 Å². The molecule has 0 spiro atoms. The van der Waals surface area contributed by atoms with Crippen molar-refractivity contribution in [3.63, 3.8) is 0 Å². The van der Waals surface area contributed by atoms with Gasteiger partial charge in [-0.15, -0.1) is 11.3 Å². The zero-order valence-electron chi connectivity index (χ0n) is 16.2. The normalized spacial score (nSPS) is 18.9. The molecule has 2 N–H and O–H groups in total. The fourth-order valence-electron chi connectivity index (χ4n) is 3.81. The summed E-state index contributed by atoms with van der Waals surface area (Å²) < 4.78 is 1.95. The van der Waals surface area contributed by atoms with E-state index in [-0.39, 0.29) is 23.9 Å². The Labute approximate surface area is 164 Å². The molecular formula is C20H28N4O2S. The quantitative estimate of drug-likeness (QED) is 0.800. The van der Waals surface area contributed by atoms with Crippen LogP contribution in [0.3, 0.4) is 0 Å². The van der Waals surface area contributed by atoms with Crippen LogP contribution < -0.4 is 10.6 Å². The minimum atomic E-state index is -0.0892. The number of amides is 2. The summed E-state index contributed by atoms with van der Waals surface area (Å²) in [7, 11) is 3.56. The van der Waals surface area contributed by atoms with Crippen LogP contribution in [0.25, 0.3) is 0 Å². The summed E-state index contributed by atoms with van der Waals surface area (Å²) in [5.41, 5.74) is 1.74. The second-order valence-corrected chi connectivity index (χ2v) is 8.05. The van der Waals surface area contributed by atoms with Crippen LogP contribution in [-0.4, -0.2) is 41.4 Å². The van der Waals surface area contributed by atoms with Crippen LogP contribution in [-0.2, 0) is 11.8 Å². The van der Waals surface area contributed by atoms with Gasteiger partial charge in [0.2, 0.25) is 5.91 Å². The highest BCUT2D eigenvalue weighted by molar-refractivity contribution is 7.10. The maximum atomic E-state index is 12.6. The average molecular weight is 389 g/mol. The van der Waals surface area contributed by atoms with Gasteiger partial charge in [0.1, 0.15) is 5.69 Å². The van der Waals surface area contributed by atoms with Gasteiger partial charge in [-0.1, -0.05) is 12.5 Å². The van der Waals surface area contributed by atoms with Gasteiger partial charge in [-0.2, -0.15) is 0 Å². The Bertz CT molecular complexity index is 784. The number of thiophene rings is 1. The number of nitrogens with one attached hydrogen (secondary N) is 2. The highest BCUT2D eigenvalue weighted by atomic mass is 32.1. The molecule has 0 bridgehead atoms. The fraction of sp³-hybridized carbons (Fsp3) is 0.500. The summed E-state index contributed by atoms with van der Waals surface area (Å²) in [5, 5.41) is 7.81. The predicted octanol–water partition coefficient (Wildman–Crippen LogP) is 2.85. The van der Waals surface area contributed by atoms with Crippen molar-refractivity contribution in [2.75, 3.05) is 20.1 Å². The SMILES string of the molecule is CNC(=O)c1ccc([C@@H]2CCCCN2CC(=O)N[C@H](C)c2cccs2)n1C. The first-order valence-corrected chi connectivity index (χ1v) is 10.3. The molecule has 0 aromatic carbocycles. The van der Waals surface area contributed by atoms with E-state index in [1.807, 2.05) is 48.2 Å². The van der Waals surface area contributed by atoms with E-state index in [9.17, 15) is 9.59 Å². The minimum absolute atomic E-state index is 0.0237. The van der Waals surface area contributed by atoms with Gasteiger partial charge in [0.15, 0.2) is 0 Å². The number of nitrogens with zero attached hydrogens (tertiary/aromatic N) is 2. The topological polar surface area (TPSA) is 66.4 Å². The zero-order valence-corrected chi connectivity index (χ0v) is 17.0. The largest absolute Gasteiger partial charge is 0.354 e. The van der Waals surface area contributed by atoms with Crippen LogP contribution in [0.5, 0.6) is 0 Å². The molecule has 0 radical (unpaired) electrons. The van der Waals surface area contributed by atoms with Crippen molar-refractivity contribution in [3.8, 4) is 0 Å². The zero-order chi connectivity index (χ0) is 19.4. The van der Waals surface area contributed by atoms with Crippen LogP contribution in [0.1, 0.15) is 59.3 Å². The van der Waals surface area contributed by atoms with Gasteiger partial charge in [-0.3, -0.25) is 14.5 Å². The molecule has 2 aromatic heterocycles. The number of aromatic nitrogens is 1. The molecule has 2 amide bonds. The third-order valence-corrected chi connectivity index (χ3v) is 6.32. The Morgan fingerprint density at radius 1 is 1.30 bits per heavy atom. The van der Waals surface area contributed by atoms with E-state index in [0.717, 1.165) is 36.4 Å². The van der Waals surface area contributed by atoms with Crippen LogP contribution >= 0.6 is 11.3 Å². The molecule has 1 fully saturated rings. The summed E-state index contributed by atoms with van der Waals surface area (Å²) in [5.74, 6) is -0.0443. The summed E-state index contributed by atoms with van der Waals surface area (Å²) in [6, 6.07) is 8.10. The first-order valence-electron chi connectivity index (χ1n) is 9.45. The number of piperidine rings is 1. The Kier molecular flexibility index (Phi) is 6.34. The van der Waals surface area contributed by atoms with Gasteiger partial charge >= 0.3 is 0 Å². The summed E-state index contributed by atoms with van der Waals surface area (Å²) >= 11 is 1.66. The second kappa shape index (κ2) is 8.71. The smallest absolute Gasteiger partial charge is 0.267 e. The Balaban J connectivity index is 1.69. The van der Waals surface area contributed by atoms with Gasteiger partial charge in [-0.05, 0) is 49.9 Å². The first kappa shape index (κ1) is 19.6. The molecule has 7 heteroatoms. The summed E-state index contributed by atoms with van der Waals surface area (Å²) in [6.45, 7) is 3.29. The van der Waals surface area contributed by atoms with E-state index in [2.05, 4.69) is 15.5 Å². The van der Waals surface area contributed by atoms with Crippen molar-refractivity contribution in [1.29, 1.82) is 0 Å². The third kappa shape index (κ3) is 4.42. The van der Waals surface area contributed by atoms with Crippen molar-refractivity contribution in [2.45, 2.75) is 38.3 Å². The molecule has 2 atom stereocenters. The lowest BCUT2D eigenvalue weighted by atomic mass is 9.99. The molecule has 6 nitrogen and oxygen atoms in total. The Morgan fingerprint density at radius 2 is 2.11 bits per heavy atom. The minimum Gasteiger partial charge on any atom is -0.354 e. The predicted molar refractivity (Wildman–Crippen MR) is 108 cm³/mol. The molecule has 0 aliphatic carbocycles. The highest BCUT2D eigenvalue weighted by Gasteiger charge is 2.29. The van der Waals surface area contributed by atoms with E-state index in [1.54, 1.807) is 18.4 Å². The van der Waals surface area contributed by atoms with Gasteiger partial charge in [0, 0.05) is 24.7 Å². The van der Waals surface area contributed by atoms with Crippen LogP contribution in [0, 0.1) is 0 Å². The molecule has 146 valence electrons. The molecule has 0 saturated carbocycles. The molecule has 0 unspecified atom stereocenters. The highest BCUT2D eigenvalue weighted by Crippen LogP contribution is 2.31. The van der Waals surface area contributed by atoms with Crippen LogP contribution in [0.15, 0.2) is 29.6 Å². The van der Waals surface area contributed by atoms with Gasteiger partial charge < -0.3 is 15.2 Å². The van der Waals surface area contributed by atoms with E-state index in [4.69, 9.17) is 0 Å². The van der Waals surface area contributed by atoms with Crippen molar-refractivity contribution >= 4 is 23.2 Å². The molecule has 2 aromatic rings. The van der Waals surface area contributed by atoms with E-state index in [1.165, 1.54) is 0 Å². The number of hydrogen-bond donors (Lipinski definition) is 2. The molecular weight excluding hydrogens is 360 g/mol. The average Bonchev–Trinajstić information content (AvgIpc) is 3.31. The summed E-state index contributed by atoms with van der Waals surface area (Å²) in [4.78, 5) is 28.0. The van der Waals surface area contributed by atoms with Crippen molar-refractivity contribution in [3.05, 3.63) is 45.9 Å². The number of carbonyl (C=O) groups is 2. The second-order valence-electron chi connectivity index (χ2n) is 7.07. The van der Waals surface area contributed by atoms with Gasteiger partial charge in [-0.25, -0.2) is 0 Å². The molecule has 1 aliphatic rings. The van der Waals surface area contributed by atoms with Gasteiger partial charge in [0.25, 0.3) is 5.91 Å². The molecule has 1 aliphatic heterocycles. The molecule has 27 heavy (non-hydrogen) atoms.